The third-order valence-electron chi connectivity index (χ3n) is 4.01. The molecule has 3 N–H and O–H groups in total. The third kappa shape index (κ3) is 5.00. The molecule has 0 saturated carbocycles. The maximum absolute atomic E-state index is 12.1. The van der Waals surface area contributed by atoms with E-state index in [0.29, 0.717) is 24.4 Å². The lowest BCUT2D eigenvalue weighted by molar-refractivity contribution is -0.121. The molecule has 122 valence electrons. The Morgan fingerprint density at radius 3 is 2.61 bits per heavy atom. The molecule has 3 nitrogen and oxygen atoms in total. The minimum Gasteiger partial charge on any atom is -0.399 e. The number of amides is 1. The molecule has 0 atom stereocenters. The monoisotopic (exact) mass is 330 g/mol. The second-order valence-electron chi connectivity index (χ2n) is 6.37. The molecule has 0 aromatic heterocycles. The molecule has 2 rings (SSSR count). The van der Waals surface area contributed by atoms with Crippen LogP contribution in [0, 0.1) is 0 Å². The number of halogens is 1. The number of rotatable bonds is 6. The van der Waals surface area contributed by atoms with E-state index in [2.05, 4.69) is 19.2 Å². The molecular weight excluding hydrogens is 308 g/mol. The standard InChI is InChI=1S/C19H23ClN2O/c1-19(2,15-7-5-8-16(20)12-15)13-22-18(23)11-10-14-6-3-4-9-17(14)21/h3-9,12H,10-11,13,21H2,1-2H3,(H,22,23). The van der Waals surface area contributed by atoms with E-state index in [0.717, 1.165) is 16.8 Å². The van der Waals surface area contributed by atoms with E-state index in [1.165, 1.54) is 0 Å². The maximum Gasteiger partial charge on any atom is 0.220 e. The molecule has 4 heteroatoms. The van der Waals surface area contributed by atoms with Crippen LogP contribution >= 0.6 is 11.6 Å². The fourth-order valence-corrected chi connectivity index (χ4v) is 2.62. The molecule has 1 amide bonds. The third-order valence-corrected chi connectivity index (χ3v) is 4.25. The normalized spacial score (nSPS) is 11.3. The first-order valence-corrected chi connectivity index (χ1v) is 8.12. The molecule has 0 bridgehead atoms. The van der Waals surface area contributed by atoms with Crippen LogP contribution in [0.25, 0.3) is 0 Å². The Balaban J connectivity index is 1.87. The summed E-state index contributed by atoms with van der Waals surface area (Å²) in [7, 11) is 0. The summed E-state index contributed by atoms with van der Waals surface area (Å²) in [6, 6.07) is 15.4. The smallest absolute Gasteiger partial charge is 0.220 e. The summed E-state index contributed by atoms with van der Waals surface area (Å²) in [5, 5.41) is 3.72. The van der Waals surface area contributed by atoms with Crippen molar-refractivity contribution in [2.75, 3.05) is 12.3 Å². The quantitative estimate of drug-likeness (QED) is 0.788. The van der Waals surface area contributed by atoms with Crippen molar-refractivity contribution in [3.05, 3.63) is 64.7 Å². The summed E-state index contributed by atoms with van der Waals surface area (Å²) >= 11 is 6.05. The van der Waals surface area contributed by atoms with Gasteiger partial charge in [-0.15, -0.1) is 0 Å². The van der Waals surface area contributed by atoms with Crippen LogP contribution < -0.4 is 11.1 Å². The average molecular weight is 331 g/mol. The van der Waals surface area contributed by atoms with Gasteiger partial charge in [0.15, 0.2) is 0 Å². The Morgan fingerprint density at radius 1 is 1.17 bits per heavy atom. The topological polar surface area (TPSA) is 55.1 Å². The number of nitrogens with two attached hydrogens (primary N) is 1. The maximum atomic E-state index is 12.1. The van der Waals surface area contributed by atoms with E-state index in [1.54, 1.807) is 0 Å². The van der Waals surface area contributed by atoms with Crippen molar-refractivity contribution < 1.29 is 4.79 Å². The van der Waals surface area contributed by atoms with Crippen molar-refractivity contribution in [2.45, 2.75) is 32.1 Å². The minimum atomic E-state index is -0.174. The number of carbonyl (C=O) groups is 1. The summed E-state index contributed by atoms with van der Waals surface area (Å²) < 4.78 is 0. The van der Waals surface area contributed by atoms with Crippen molar-refractivity contribution in [3.63, 3.8) is 0 Å². The van der Waals surface area contributed by atoms with Gasteiger partial charge in [0.1, 0.15) is 0 Å². The molecule has 2 aromatic rings. The first kappa shape index (κ1) is 17.4. The Hall–Kier alpha value is -2.00. The molecule has 0 heterocycles. The Bertz CT molecular complexity index is 683. The molecule has 0 radical (unpaired) electrons. The van der Waals surface area contributed by atoms with Gasteiger partial charge in [-0.05, 0) is 35.7 Å². The van der Waals surface area contributed by atoms with E-state index >= 15 is 0 Å². The largest absolute Gasteiger partial charge is 0.399 e. The summed E-state index contributed by atoms with van der Waals surface area (Å²) in [6.07, 6.45) is 1.08. The van der Waals surface area contributed by atoms with E-state index in [4.69, 9.17) is 17.3 Å². The fourth-order valence-electron chi connectivity index (χ4n) is 2.43. The van der Waals surface area contributed by atoms with E-state index in [-0.39, 0.29) is 11.3 Å². The van der Waals surface area contributed by atoms with E-state index < -0.39 is 0 Å². The van der Waals surface area contributed by atoms with Crippen LogP contribution in [0.4, 0.5) is 5.69 Å². The van der Waals surface area contributed by atoms with Crippen LogP contribution in [0.3, 0.4) is 0 Å². The number of hydrogen-bond donors (Lipinski definition) is 2. The second-order valence-corrected chi connectivity index (χ2v) is 6.81. The highest BCUT2D eigenvalue weighted by Gasteiger charge is 2.21. The lowest BCUT2D eigenvalue weighted by atomic mass is 9.84. The van der Waals surface area contributed by atoms with Crippen molar-refractivity contribution in [1.29, 1.82) is 0 Å². The van der Waals surface area contributed by atoms with Gasteiger partial charge in [0.05, 0.1) is 0 Å². The summed E-state index contributed by atoms with van der Waals surface area (Å²) in [6.45, 7) is 4.75. The number of hydrogen-bond acceptors (Lipinski definition) is 2. The van der Waals surface area contributed by atoms with Gasteiger partial charge in [0, 0.05) is 29.1 Å². The molecule has 0 unspecified atom stereocenters. The SMILES string of the molecule is CC(C)(CNC(=O)CCc1ccccc1N)c1cccc(Cl)c1. The highest BCUT2D eigenvalue weighted by molar-refractivity contribution is 6.30. The Kier molecular flexibility index (Phi) is 5.67. The summed E-state index contributed by atoms with van der Waals surface area (Å²) in [4.78, 5) is 12.1. The molecular formula is C19H23ClN2O. The van der Waals surface area contributed by atoms with Crippen LogP contribution in [0.2, 0.25) is 5.02 Å². The van der Waals surface area contributed by atoms with Crippen LogP contribution in [-0.2, 0) is 16.6 Å². The average Bonchev–Trinajstić information content (AvgIpc) is 2.52. The zero-order chi connectivity index (χ0) is 16.9. The first-order valence-electron chi connectivity index (χ1n) is 7.74. The van der Waals surface area contributed by atoms with Crippen LogP contribution in [0.5, 0.6) is 0 Å². The molecule has 0 aliphatic rings. The van der Waals surface area contributed by atoms with Crippen LogP contribution in [-0.4, -0.2) is 12.5 Å². The molecule has 0 aliphatic heterocycles. The van der Waals surface area contributed by atoms with Crippen molar-refractivity contribution >= 4 is 23.2 Å². The van der Waals surface area contributed by atoms with Crippen LogP contribution in [0.1, 0.15) is 31.4 Å². The van der Waals surface area contributed by atoms with Gasteiger partial charge >= 0.3 is 0 Å². The molecule has 0 spiro atoms. The zero-order valence-electron chi connectivity index (χ0n) is 13.6. The molecule has 23 heavy (non-hydrogen) atoms. The van der Waals surface area contributed by atoms with Gasteiger partial charge < -0.3 is 11.1 Å². The van der Waals surface area contributed by atoms with Gasteiger partial charge in [-0.3, -0.25) is 4.79 Å². The highest BCUT2D eigenvalue weighted by atomic mass is 35.5. The molecule has 0 aliphatic carbocycles. The van der Waals surface area contributed by atoms with Crippen molar-refractivity contribution in [1.82, 2.24) is 5.32 Å². The predicted molar refractivity (Wildman–Crippen MR) is 96.7 cm³/mol. The number of aryl methyl sites for hydroxylation is 1. The highest BCUT2D eigenvalue weighted by Crippen LogP contribution is 2.24. The second kappa shape index (κ2) is 7.51. The molecule has 0 saturated heterocycles. The van der Waals surface area contributed by atoms with E-state index in [1.807, 2.05) is 48.5 Å². The number of nitrogens with one attached hydrogen (secondary N) is 1. The van der Waals surface area contributed by atoms with Crippen molar-refractivity contribution in [2.24, 2.45) is 0 Å². The fraction of sp³-hybridized carbons (Fsp3) is 0.316. The lowest BCUT2D eigenvalue weighted by Crippen LogP contribution is -2.36. The summed E-state index contributed by atoms with van der Waals surface area (Å²) in [5.74, 6) is 0.0309. The minimum absolute atomic E-state index is 0.0309. The zero-order valence-corrected chi connectivity index (χ0v) is 14.4. The first-order chi connectivity index (χ1) is 10.9. The molecule has 0 fully saturated rings. The van der Waals surface area contributed by atoms with Gasteiger partial charge in [-0.1, -0.05) is 55.8 Å². The number of nitrogen functional groups attached to an aromatic ring is 1. The number of benzene rings is 2. The Labute approximate surface area is 142 Å². The lowest BCUT2D eigenvalue weighted by Gasteiger charge is -2.26. The van der Waals surface area contributed by atoms with E-state index in [9.17, 15) is 4.79 Å². The molecule has 2 aromatic carbocycles. The number of anilines is 1. The van der Waals surface area contributed by atoms with Gasteiger partial charge in [0.2, 0.25) is 5.91 Å². The number of carbonyl (C=O) groups excluding carboxylic acids is 1. The van der Waals surface area contributed by atoms with Gasteiger partial charge in [0.25, 0.3) is 0 Å². The summed E-state index contributed by atoms with van der Waals surface area (Å²) in [5.41, 5.74) is 8.58. The predicted octanol–water partition coefficient (Wildman–Crippen LogP) is 3.95. The van der Waals surface area contributed by atoms with Gasteiger partial charge in [-0.25, -0.2) is 0 Å². The Morgan fingerprint density at radius 2 is 1.91 bits per heavy atom. The van der Waals surface area contributed by atoms with Gasteiger partial charge in [-0.2, -0.15) is 0 Å². The van der Waals surface area contributed by atoms with Crippen LogP contribution in [0.15, 0.2) is 48.5 Å². The number of para-hydroxylation sites is 1. The van der Waals surface area contributed by atoms with Crippen molar-refractivity contribution in [3.8, 4) is 0 Å².